The number of hydrogen-bond donors (Lipinski definition) is 0. The number of amides is 1. The first kappa shape index (κ1) is 17.8. The van der Waals surface area contributed by atoms with Gasteiger partial charge >= 0.3 is 5.63 Å². The van der Waals surface area contributed by atoms with Crippen molar-refractivity contribution in [3.05, 3.63) is 38.7 Å². The monoisotopic (exact) mass is 363 g/mol. The van der Waals surface area contributed by atoms with E-state index in [1.54, 1.807) is 17.0 Å². The number of likely N-dealkylation sites (N-methyl/N-ethyl adjacent to an activating group) is 1. The zero-order chi connectivity index (χ0) is 18.0. The lowest BCUT2D eigenvalue weighted by Crippen LogP contribution is -2.34. The molecule has 134 valence electrons. The second kappa shape index (κ2) is 7.48. The van der Waals surface area contributed by atoms with Crippen molar-refractivity contribution in [3.63, 3.8) is 0 Å². The van der Waals surface area contributed by atoms with Gasteiger partial charge in [0.1, 0.15) is 11.3 Å². The minimum atomic E-state index is -0.283. The summed E-state index contributed by atoms with van der Waals surface area (Å²) < 4.78 is 11.1. The van der Waals surface area contributed by atoms with Crippen molar-refractivity contribution in [2.75, 3.05) is 19.7 Å². The minimum absolute atomic E-state index is 0.0952. The van der Waals surface area contributed by atoms with Crippen molar-refractivity contribution in [1.29, 1.82) is 0 Å². The van der Waals surface area contributed by atoms with Crippen LogP contribution in [0.15, 0.2) is 21.3 Å². The quantitative estimate of drug-likeness (QED) is 0.762. The van der Waals surface area contributed by atoms with Gasteiger partial charge in [-0.1, -0.05) is 11.6 Å². The van der Waals surface area contributed by atoms with Crippen LogP contribution in [-0.4, -0.2) is 30.5 Å². The Morgan fingerprint density at radius 2 is 1.88 bits per heavy atom. The van der Waals surface area contributed by atoms with Gasteiger partial charge in [-0.25, -0.2) is 4.79 Å². The van der Waals surface area contributed by atoms with E-state index in [9.17, 15) is 9.59 Å². The highest BCUT2D eigenvalue weighted by Crippen LogP contribution is 2.34. The molecule has 0 N–H and O–H groups in total. The molecule has 1 aliphatic rings. The van der Waals surface area contributed by atoms with Gasteiger partial charge in [0.15, 0.2) is 6.61 Å². The fraction of sp³-hybridized carbons (Fsp3) is 0.474. The molecular formula is C19H22ClNO4. The zero-order valence-electron chi connectivity index (χ0n) is 14.6. The van der Waals surface area contributed by atoms with Gasteiger partial charge in [-0.15, -0.1) is 0 Å². The third kappa shape index (κ3) is 3.52. The molecule has 0 bridgehead atoms. The smallest absolute Gasteiger partial charge is 0.339 e. The summed E-state index contributed by atoms with van der Waals surface area (Å²) in [5, 5.41) is 1.28. The van der Waals surface area contributed by atoms with E-state index in [0.717, 1.165) is 42.2 Å². The van der Waals surface area contributed by atoms with Gasteiger partial charge in [0.25, 0.3) is 5.91 Å². The van der Waals surface area contributed by atoms with E-state index in [0.29, 0.717) is 29.4 Å². The Morgan fingerprint density at radius 3 is 2.56 bits per heavy atom. The number of carbonyl (C=O) groups is 1. The average Bonchev–Trinajstić information content (AvgIpc) is 2.62. The zero-order valence-corrected chi connectivity index (χ0v) is 15.3. The SMILES string of the molecule is CCN(CC)C(=O)COc1cc2oc(=O)c3c(c2cc1Cl)CCCC3. The minimum Gasteiger partial charge on any atom is -0.482 e. The fourth-order valence-corrected chi connectivity index (χ4v) is 3.58. The second-order valence-corrected chi connectivity index (χ2v) is 6.59. The lowest BCUT2D eigenvalue weighted by atomic mass is 9.91. The van der Waals surface area contributed by atoms with Crippen molar-refractivity contribution in [2.24, 2.45) is 0 Å². The molecule has 0 aliphatic heterocycles. The normalized spacial score (nSPS) is 13.6. The molecule has 6 heteroatoms. The van der Waals surface area contributed by atoms with Crippen LogP contribution in [0, 0.1) is 0 Å². The molecular weight excluding hydrogens is 342 g/mol. The number of halogens is 1. The third-order valence-corrected chi connectivity index (χ3v) is 5.04. The van der Waals surface area contributed by atoms with Crippen LogP contribution in [0.5, 0.6) is 5.75 Å². The Bertz CT molecular complexity index is 855. The third-order valence-electron chi connectivity index (χ3n) is 4.74. The first-order valence-electron chi connectivity index (χ1n) is 8.73. The predicted molar refractivity (Wildman–Crippen MR) is 97.6 cm³/mol. The molecule has 1 amide bonds. The molecule has 0 saturated heterocycles. The van der Waals surface area contributed by atoms with Crippen molar-refractivity contribution in [3.8, 4) is 5.75 Å². The standard InChI is InChI=1S/C19H22ClNO4/c1-3-21(4-2)18(22)11-24-17-10-16-14(9-15(17)20)12-7-5-6-8-13(12)19(23)25-16/h9-10H,3-8,11H2,1-2H3. The van der Waals surface area contributed by atoms with Crippen LogP contribution < -0.4 is 10.4 Å². The van der Waals surface area contributed by atoms with Gasteiger partial charge in [0.05, 0.1) is 5.02 Å². The summed E-state index contributed by atoms with van der Waals surface area (Å²) in [6.07, 6.45) is 3.67. The van der Waals surface area contributed by atoms with Gasteiger partial charge < -0.3 is 14.1 Å². The maximum Gasteiger partial charge on any atom is 0.339 e. The molecule has 0 spiro atoms. The van der Waals surface area contributed by atoms with E-state index in [-0.39, 0.29) is 18.1 Å². The average molecular weight is 364 g/mol. The maximum atomic E-state index is 12.2. The van der Waals surface area contributed by atoms with Crippen molar-refractivity contribution < 1.29 is 13.9 Å². The number of benzene rings is 1. The highest BCUT2D eigenvalue weighted by Gasteiger charge is 2.20. The molecule has 5 nitrogen and oxygen atoms in total. The summed E-state index contributed by atoms with van der Waals surface area (Å²) in [5.74, 6) is 0.252. The fourth-order valence-electron chi connectivity index (χ4n) is 3.36. The Balaban J connectivity index is 1.92. The molecule has 3 rings (SSSR count). The van der Waals surface area contributed by atoms with E-state index in [4.69, 9.17) is 20.8 Å². The van der Waals surface area contributed by atoms with E-state index in [1.807, 2.05) is 13.8 Å². The van der Waals surface area contributed by atoms with Gasteiger partial charge in [-0.3, -0.25) is 4.79 Å². The number of fused-ring (bicyclic) bond motifs is 3. The summed E-state index contributed by atoms with van der Waals surface area (Å²) in [5.41, 5.74) is 1.97. The van der Waals surface area contributed by atoms with Crippen LogP contribution in [0.3, 0.4) is 0 Å². The number of hydrogen-bond acceptors (Lipinski definition) is 4. The summed E-state index contributed by atoms with van der Waals surface area (Å²) in [4.78, 5) is 26.0. The van der Waals surface area contributed by atoms with E-state index in [1.165, 1.54) is 0 Å². The van der Waals surface area contributed by atoms with Crippen LogP contribution in [0.1, 0.15) is 37.8 Å². The molecule has 0 saturated carbocycles. The number of ether oxygens (including phenoxy) is 1. The highest BCUT2D eigenvalue weighted by atomic mass is 35.5. The Morgan fingerprint density at radius 1 is 1.20 bits per heavy atom. The van der Waals surface area contributed by atoms with Crippen LogP contribution in [0.2, 0.25) is 5.02 Å². The molecule has 25 heavy (non-hydrogen) atoms. The van der Waals surface area contributed by atoms with E-state index >= 15 is 0 Å². The number of nitrogens with zero attached hydrogens (tertiary/aromatic N) is 1. The van der Waals surface area contributed by atoms with E-state index < -0.39 is 0 Å². The summed E-state index contributed by atoms with van der Waals surface area (Å²) >= 11 is 6.35. The Kier molecular flexibility index (Phi) is 5.33. The van der Waals surface area contributed by atoms with Gasteiger partial charge in [-0.05, 0) is 51.2 Å². The lowest BCUT2D eigenvalue weighted by molar-refractivity contribution is -0.132. The van der Waals surface area contributed by atoms with E-state index in [2.05, 4.69) is 0 Å². The topological polar surface area (TPSA) is 59.8 Å². The van der Waals surface area contributed by atoms with Gasteiger partial charge in [-0.2, -0.15) is 0 Å². The molecule has 1 aromatic carbocycles. The lowest BCUT2D eigenvalue weighted by Gasteiger charge is -2.19. The first-order valence-corrected chi connectivity index (χ1v) is 9.11. The van der Waals surface area contributed by atoms with Gasteiger partial charge in [0, 0.05) is 30.1 Å². The van der Waals surface area contributed by atoms with Crippen LogP contribution in [0.4, 0.5) is 0 Å². The largest absolute Gasteiger partial charge is 0.482 e. The molecule has 0 fully saturated rings. The molecule has 1 heterocycles. The van der Waals surface area contributed by atoms with Crippen LogP contribution in [-0.2, 0) is 17.6 Å². The summed E-state index contributed by atoms with van der Waals surface area (Å²) in [6.45, 7) is 5.00. The van der Waals surface area contributed by atoms with Gasteiger partial charge in [0.2, 0.25) is 0 Å². The van der Waals surface area contributed by atoms with Crippen LogP contribution >= 0.6 is 11.6 Å². The Labute approximate surface area is 151 Å². The molecule has 1 aliphatic carbocycles. The predicted octanol–water partition coefficient (Wildman–Crippen LogP) is 3.57. The molecule has 0 atom stereocenters. The summed E-state index contributed by atoms with van der Waals surface area (Å²) in [6, 6.07) is 3.39. The first-order chi connectivity index (χ1) is 12.0. The second-order valence-electron chi connectivity index (χ2n) is 6.19. The highest BCUT2D eigenvalue weighted by molar-refractivity contribution is 6.32. The number of carbonyl (C=O) groups excluding carboxylic acids is 1. The molecule has 2 aromatic rings. The number of aryl methyl sites for hydroxylation is 1. The van der Waals surface area contributed by atoms with Crippen molar-refractivity contribution >= 4 is 28.5 Å². The molecule has 0 unspecified atom stereocenters. The van der Waals surface area contributed by atoms with Crippen molar-refractivity contribution in [1.82, 2.24) is 4.90 Å². The Hall–Kier alpha value is -2.01. The summed E-state index contributed by atoms with van der Waals surface area (Å²) in [7, 11) is 0. The van der Waals surface area contributed by atoms with Crippen molar-refractivity contribution in [2.45, 2.75) is 39.5 Å². The molecule has 0 radical (unpaired) electrons. The maximum absolute atomic E-state index is 12.2. The van der Waals surface area contributed by atoms with Crippen LogP contribution in [0.25, 0.3) is 11.0 Å². The molecule has 1 aromatic heterocycles. The number of rotatable bonds is 5.